The molecule has 4 N–H and O–H groups in total. The standard InChI is InChI=1S/C11H14N4O5/c1-13-7-2-3-9(15(18)19)8(6-7)10(16)14-4-5-20-11(12)17/h2-3,6,13H,4-5H2,1H3,(H2,12,17)(H,14,16). The molecule has 0 unspecified atom stereocenters. The van der Waals surface area contributed by atoms with E-state index in [0.29, 0.717) is 5.69 Å². The van der Waals surface area contributed by atoms with Gasteiger partial charge in [-0.2, -0.15) is 0 Å². The highest BCUT2D eigenvalue weighted by Crippen LogP contribution is 2.22. The molecule has 0 aliphatic carbocycles. The highest BCUT2D eigenvalue weighted by atomic mass is 16.6. The summed E-state index contributed by atoms with van der Waals surface area (Å²) in [5.41, 5.74) is 4.92. The summed E-state index contributed by atoms with van der Waals surface area (Å²) >= 11 is 0. The lowest BCUT2D eigenvalue weighted by Crippen LogP contribution is -2.29. The van der Waals surface area contributed by atoms with E-state index in [4.69, 9.17) is 5.73 Å². The van der Waals surface area contributed by atoms with Crippen LogP contribution >= 0.6 is 0 Å². The minimum Gasteiger partial charge on any atom is -0.448 e. The van der Waals surface area contributed by atoms with Gasteiger partial charge >= 0.3 is 6.09 Å². The predicted molar refractivity (Wildman–Crippen MR) is 70.5 cm³/mol. The van der Waals surface area contributed by atoms with Gasteiger partial charge in [-0.1, -0.05) is 0 Å². The van der Waals surface area contributed by atoms with Crippen molar-refractivity contribution in [3.8, 4) is 0 Å². The number of primary amides is 1. The quantitative estimate of drug-likeness (QED) is 0.394. The molecule has 1 aromatic rings. The van der Waals surface area contributed by atoms with Crippen LogP contribution in [0.15, 0.2) is 18.2 Å². The lowest BCUT2D eigenvalue weighted by atomic mass is 10.1. The number of amides is 2. The number of carbonyl (C=O) groups excluding carboxylic acids is 2. The molecule has 0 aliphatic rings. The summed E-state index contributed by atoms with van der Waals surface area (Å²) in [5, 5.41) is 16.0. The van der Waals surface area contributed by atoms with E-state index in [2.05, 4.69) is 15.4 Å². The van der Waals surface area contributed by atoms with E-state index < -0.39 is 16.9 Å². The summed E-state index contributed by atoms with van der Waals surface area (Å²) in [6.45, 7) is -0.108. The Balaban J connectivity index is 2.79. The molecule has 0 heterocycles. The number of rotatable bonds is 6. The monoisotopic (exact) mass is 282 g/mol. The summed E-state index contributed by atoms with van der Waals surface area (Å²) in [6, 6.07) is 4.09. The predicted octanol–water partition coefficient (Wildman–Crippen LogP) is 0.462. The summed E-state index contributed by atoms with van der Waals surface area (Å²) < 4.78 is 4.43. The topological polar surface area (TPSA) is 137 Å². The SMILES string of the molecule is CNc1ccc([N+](=O)[O-])c(C(=O)NCCOC(N)=O)c1. The van der Waals surface area contributed by atoms with Crippen molar-refractivity contribution in [3.05, 3.63) is 33.9 Å². The van der Waals surface area contributed by atoms with E-state index in [0.717, 1.165) is 0 Å². The van der Waals surface area contributed by atoms with Crippen LogP contribution in [0.4, 0.5) is 16.2 Å². The maximum absolute atomic E-state index is 11.9. The van der Waals surface area contributed by atoms with E-state index in [9.17, 15) is 19.7 Å². The highest BCUT2D eigenvalue weighted by molar-refractivity contribution is 5.99. The summed E-state index contributed by atoms with van der Waals surface area (Å²) in [5.74, 6) is -0.637. The molecule has 2 amide bonds. The van der Waals surface area contributed by atoms with Gasteiger partial charge in [-0.25, -0.2) is 4.79 Å². The molecule has 0 bridgehead atoms. The smallest absolute Gasteiger partial charge is 0.404 e. The molecule has 9 heteroatoms. The third-order valence-corrected chi connectivity index (χ3v) is 2.36. The molecule has 0 aromatic heterocycles. The van der Waals surface area contributed by atoms with Gasteiger partial charge in [0.1, 0.15) is 12.2 Å². The van der Waals surface area contributed by atoms with Gasteiger partial charge in [0.15, 0.2) is 0 Å². The highest BCUT2D eigenvalue weighted by Gasteiger charge is 2.20. The number of benzene rings is 1. The van der Waals surface area contributed by atoms with Crippen LogP contribution < -0.4 is 16.4 Å². The summed E-state index contributed by atoms with van der Waals surface area (Å²) in [7, 11) is 1.63. The van der Waals surface area contributed by atoms with Crippen LogP contribution in [0, 0.1) is 10.1 Å². The first-order valence-corrected chi connectivity index (χ1v) is 5.62. The second kappa shape index (κ2) is 6.92. The molecule has 0 aliphatic heterocycles. The average Bonchev–Trinajstić information content (AvgIpc) is 2.42. The van der Waals surface area contributed by atoms with Crippen molar-refractivity contribution in [3.63, 3.8) is 0 Å². The lowest BCUT2D eigenvalue weighted by molar-refractivity contribution is -0.385. The van der Waals surface area contributed by atoms with Gasteiger partial charge < -0.3 is 21.1 Å². The van der Waals surface area contributed by atoms with Crippen LogP contribution in [0.3, 0.4) is 0 Å². The maximum atomic E-state index is 11.9. The van der Waals surface area contributed by atoms with Gasteiger partial charge in [0.2, 0.25) is 0 Å². The van der Waals surface area contributed by atoms with E-state index in [1.807, 2.05) is 0 Å². The van der Waals surface area contributed by atoms with Crippen molar-refractivity contribution in [2.45, 2.75) is 0 Å². The number of ether oxygens (including phenoxy) is 1. The molecular weight excluding hydrogens is 268 g/mol. The first kappa shape index (κ1) is 15.2. The Morgan fingerprint density at radius 1 is 1.45 bits per heavy atom. The Kier molecular flexibility index (Phi) is 5.27. The van der Waals surface area contributed by atoms with Gasteiger partial charge in [-0.15, -0.1) is 0 Å². The van der Waals surface area contributed by atoms with Crippen LogP contribution in [-0.2, 0) is 4.74 Å². The minimum absolute atomic E-state index is 0.00269. The molecule has 20 heavy (non-hydrogen) atoms. The van der Waals surface area contributed by atoms with E-state index in [1.165, 1.54) is 18.2 Å². The Bertz CT molecular complexity index is 532. The van der Waals surface area contributed by atoms with Crippen molar-refractivity contribution >= 4 is 23.4 Å². The van der Waals surface area contributed by atoms with Crippen LogP contribution in [-0.4, -0.2) is 37.1 Å². The van der Waals surface area contributed by atoms with Crippen molar-refractivity contribution < 1.29 is 19.2 Å². The fourth-order valence-corrected chi connectivity index (χ4v) is 1.44. The molecule has 0 fully saturated rings. The largest absolute Gasteiger partial charge is 0.448 e. The third kappa shape index (κ3) is 4.12. The number of carbonyl (C=O) groups is 2. The lowest BCUT2D eigenvalue weighted by Gasteiger charge is -2.07. The summed E-state index contributed by atoms with van der Waals surface area (Å²) in [4.78, 5) is 32.4. The van der Waals surface area contributed by atoms with Crippen LogP contribution in [0.5, 0.6) is 0 Å². The number of nitrogens with one attached hydrogen (secondary N) is 2. The first-order valence-electron chi connectivity index (χ1n) is 5.62. The summed E-state index contributed by atoms with van der Waals surface area (Å²) in [6.07, 6.45) is -0.956. The number of nitro benzene ring substituents is 1. The Morgan fingerprint density at radius 2 is 2.15 bits per heavy atom. The van der Waals surface area contributed by atoms with Gasteiger partial charge in [-0.3, -0.25) is 14.9 Å². The molecule has 9 nitrogen and oxygen atoms in total. The molecular formula is C11H14N4O5. The first-order chi connectivity index (χ1) is 9.45. The molecule has 0 saturated carbocycles. The van der Waals surface area contributed by atoms with Gasteiger partial charge in [0, 0.05) is 18.8 Å². The molecule has 0 spiro atoms. The second-order valence-corrected chi connectivity index (χ2v) is 3.66. The van der Waals surface area contributed by atoms with Crippen LogP contribution in [0.2, 0.25) is 0 Å². The number of nitrogens with zero attached hydrogens (tertiary/aromatic N) is 1. The molecule has 1 rings (SSSR count). The van der Waals surface area contributed by atoms with E-state index >= 15 is 0 Å². The molecule has 108 valence electrons. The fourth-order valence-electron chi connectivity index (χ4n) is 1.44. The number of anilines is 1. The van der Waals surface area contributed by atoms with Gasteiger partial charge in [-0.05, 0) is 12.1 Å². The third-order valence-electron chi connectivity index (χ3n) is 2.36. The molecule has 0 radical (unpaired) electrons. The number of nitrogens with two attached hydrogens (primary N) is 1. The van der Waals surface area contributed by atoms with E-state index in [1.54, 1.807) is 7.05 Å². The zero-order valence-corrected chi connectivity index (χ0v) is 10.7. The minimum atomic E-state index is -0.956. The van der Waals surface area contributed by atoms with Crippen LogP contribution in [0.1, 0.15) is 10.4 Å². The maximum Gasteiger partial charge on any atom is 0.404 e. The Morgan fingerprint density at radius 3 is 2.70 bits per heavy atom. The molecule has 0 atom stereocenters. The number of nitro groups is 1. The van der Waals surface area contributed by atoms with Crippen molar-refractivity contribution in [2.24, 2.45) is 5.73 Å². The second-order valence-electron chi connectivity index (χ2n) is 3.66. The fraction of sp³-hybridized carbons (Fsp3) is 0.273. The molecule has 0 saturated heterocycles. The Labute approximate surface area is 114 Å². The van der Waals surface area contributed by atoms with Gasteiger partial charge in [0.05, 0.1) is 11.5 Å². The van der Waals surface area contributed by atoms with Crippen molar-refractivity contribution in [2.75, 3.05) is 25.5 Å². The molecule has 1 aromatic carbocycles. The number of hydrogen-bond acceptors (Lipinski definition) is 6. The van der Waals surface area contributed by atoms with E-state index in [-0.39, 0.29) is 24.4 Å². The number of hydrogen-bond donors (Lipinski definition) is 3. The average molecular weight is 282 g/mol. The Hall–Kier alpha value is -2.84. The van der Waals surface area contributed by atoms with Crippen molar-refractivity contribution in [1.29, 1.82) is 0 Å². The zero-order chi connectivity index (χ0) is 15.1. The van der Waals surface area contributed by atoms with Crippen molar-refractivity contribution in [1.82, 2.24) is 5.32 Å². The van der Waals surface area contributed by atoms with Crippen LogP contribution in [0.25, 0.3) is 0 Å². The zero-order valence-electron chi connectivity index (χ0n) is 10.7. The van der Waals surface area contributed by atoms with Gasteiger partial charge in [0.25, 0.3) is 11.6 Å². The normalized spacial score (nSPS) is 9.65.